The molecule has 1 fully saturated rings. The van der Waals surface area contributed by atoms with Gasteiger partial charge in [-0.05, 0) is 19.1 Å². The molecule has 2 amide bonds. The van der Waals surface area contributed by atoms with Crippen molar-refractivity contribution >= 4 is 29.0 Å². The van der Waals surface area contributed by atoms with Gasteiger partial charge in [0.05, 0.1) is 42.3 Å². The number of hydrogen-bond donors (Lipinski definition) is 2. The van der Waals surface area contributed by atoms with Gasteiger partial charge in [-0.2, -0.15) is 23.4 Å². The molecular weight excluding hydrogens is 558 g/mol. The lowest BCUT2D eigenvalue weighted by Gasteiger charge is -2.41. The van der Waals surface area contributed by atoms with Gasteiger partial charge in [-0.3, -0.25) is 4.68 Å². The molecule has 17 heteroatoms. The molecule has 1 aliphatic rings. The molecule has 0 radical (unpaired) electrons. The molecule has 10 nitrogen and oxygen atoms in total. The van der Waals surface area contributed by atoms with E-state index in [1.54, 1.807) is 0 Å². The molecule has 39 heavy (non-hydrogen) atoms. The van der Waals surface area contributed by atoms with Crippen LogP contribution in [-0.4, -0.2) is 62.8 Å². The predicted octanol–water partition coefficient (Wildman–Crippen LogP) is 4.46. The standard InChI is InChI=1S/C22H21ClF6N8O2/c1-11(24)8-39-17-5-12(4-16(23)32-17)31-20(38)30-6-13-3-15(37-9-21(25,26)10-37)18(34-33-13)14-7-36(2)35-19(14)22(27,28)29/h3-5,7,11H,6,8-10H2,1-2H3,(H2,30,31,32,38). The normalized spacial score (nSPS) is 15.5. The summed E-state index contributed by atoms with van der Waals surface area (Å²) in [6.07, 6.45) is -5.01. The minimum absolute atomic E-state index is 0.0172. The molecule has 0 bridgehead atoms. The van der Waals surface area contributed by atoms with Gasteiger partial charge in [-0.1, -0.05) is 11.6 Å². The Balaban J connectivity index is 1.52. The molecule has 3 aromatic heterocycles. The van der Waals surface area contributed by atoms with Crippen LogP contribution in [0.4, 0.5) is 42.5 Å². The zero-order chi connectivity index (χ0) is 28.5. The van der Waals surface area contributed by atoms with Crippen molar-refractivity contribution in [2.75, 3.05) is 29.9 Å². The summed E-state index contributed by atoms with van der Waals surface area (Å²) < 4.78 is 87.0. The number of carbonyl (C=O) groups is 1. The molecular formula is C22H21ClF6N8O2. The first-order chi connectivity index (χ1) is 18.2. The van der Waals surface area contributed by atoms with Crippen LogP contribution in [0, 0.1) is 0 Å². The quantitative estimate of drug-likeness (QED) is 0.300. The highest BCUT2D eigenvalue weighted by atomic mass is 35.5. The molecule has 4 heterocycles. The summed E-state index contributed by atoms with van der Waals surface area (Å²) in [6.45, 7) is -0.693. The Morgan fingerprint density at radius 2 is 1.95 bits per heavy atom. The van der Waals surface area contributed by atoms with Gasteiger partial charge in [-0.15, -0.1) is 5.10 Å². The monoisotopic (exact) mass is 578 g/mol. The number of aryl methyl sites for hydroxylation is 1. The van der Waals surface area contributed by atoms with Crippen LogP contribution >= 0.6 is 11.6 Å². The smallest absolute Gasteiger partial charge is 0.435 e. The number of nitrogens with zero attached hydrogens (tertiary/aromatic N) is 6. The van der Waals surface area contributed by atoms with E-state index in [9.17, 15) is 31.1 Å². The highest BCUT2D eigenvalue weighted by Crippen LogP contribution is 2.41. The molecule has 3 aromatic rings. The fraction of sp³-hybridized carbons (Fsp3) is 0.409. The first kappa shape index (κ1) is 28.2. The number of aromatic nitrogens is 5. The van der Waals surface area contributed by atoms with Crippen molar-refractivity contribution in [2.24, 2.45) is 7.05 Å². The van der Waals surface area contributed by atoms with E-state index in [-0.39, 0.29) is 46.9 Å². The van der Waals surface area contributed by atoms with E-state index < -0.39 is 48.6 Å². The second-order valence-electron chi connectivity index (χ2n) is 8.76. The summed E-state index contributed by atoms with van der Waals surface area (Å²) in [5.41, 5.74) is -1.69. The van der Waals surface area contributed by atoms with Crippen LogP contribution in [0.25, 0.3) is 11.3 Å². The second-order valence-corrected chi connectivity index (χ2v) is 9.15. The molecule has 4 rings (SSSR count). The lowest BCUT2D eigenvalue weighted by molar-refractivity contribution is -0.141. The zero-order valence-corrected chi connectivity index (χ0v) is 21.1. The topological polar surface area (TPSA) is 110 Å². The molecule has 0 aliphatic carbocycles. The van der Waals surface area contributed by atoms with Gasteiger partial charge in [0, 0.05) is 19.3 Å². The van der Waals surface area contributed by atoms with E-state index in [0.29, 0.717) is 0 Å². The summed E-state index contributed by atoms with van der Waals surface area (Å²) in [7, 11) is 1.28. The molecule has 0 spiro atoms. The Hall–Kier alpha value is -3.82. The Kier molecular flexibility index (Phi) is 7.77. The third-order valence-electron chi connectivity index (χ3n) is 5.28. The Labute approximate surface area is 222 Å². The van der Waals surface area contributed by atoms with Gasteiger partial charge in [0.25, 0.3) is 5.92 Å². The van der Waals surface area contributed by atoms with E-state index in [1.165, 1.54) is 37.1 Å². The van der Waals surface area contributed by atoms with Crippen molar-refractivity contribution in [2.45, 2.75) is 31.7 Å². The zero-order valence-electron chi connectivity index (χ0n) is 20.4. The molecule has 210 valence electrons. The average Bonchev–Trinajstić information content (AvgIpc) is 3.21. The minimum Gasteiger partial charge on any atom is -0.474 e. The number of anilines is 2. The lowest BCUT2D eigenvalue weighted by Crippen LogP contribution is -2.56. The third-order valence-corrected chi connectivity index (χ3v) is 5.47. The number of alkyl halides is 6. The summed E-state index contributed by atoms with van der Waals surface area (Å²) in [5, 5.41) is 16.1. The molecule has 2 N–H and O–H groups in total. The Morgan fingerprint density at radius 1 is 1.23 bits per heavy atom. The maximum Gasteiger partial charge on any atom is 0.435 e. The highest BCUT2D eigenvalue weighted by molar-refractivity contribution is 6.29. The summed E-state index contributed by atoms with van der Waals surface area (Å²) in [5.74, 6) is -3.04. The molecule has 1 atom stereocenters. The fourth-order valence-electron chi connectivity index (χ4n) is 3.66. The molecule has 1 unspecified atom stereocenters. The number of nitrogens with one attached hydrogen (secondary N) is 2. The number of ether oxygens (including phenoxy) is 1. The van der Waals surface area contributed by atoms with Gasteiger partial charge in [0.2, 0.25) is 5.88 Å². The number of amides is 2. The number of halogens is 7. The maximum absolute atomic E-state index is 13.6. The first-order valence-electron chi connectivity index (χ1n) is 11.3. The van der Waals surface area contributed by atoms with Gasteiger partial charge in [0.15, 0.2) is 5.69 Å². The van der Waals surface area contributed by atoms with Crippen molar-refractivity contribution in [3.63, 3.8) is 0 Å². The van der Waals surface area contributed by atoms with Crippen LogP contribution in [0.15, 0.2) is 24.4 Å². The lowest BCUT2D eigenvalue weighted by atomic mass is 10.0. The van der Waals surface area contributed by atoms with Crippen LogP contribution < -0.4 is 20.3 Å². The van der Waals surface area contributed by atoms with Crippen molar-refractivity contribution in [3.8, 4) is 17.1 Å². The third kappa shape index (κ3) is 6.99. The summed E-state index contributed by atoms with van der Waals surface area (Å²) in [6, 6.07) is 3.17. The summed E-state index contributed by atoms with van der Waals surface area (Å²) >= 11 is 5.90. The number of hydrogen-bond acceptors (Lipinski definition) is 7. The van der Waals surface area contributed by atoms with Gasteiger partial charge in [0.1, 0.15) is 23.6 Å². The highest BCUT2D eigenvalue weighted by Gasteiger charge is 2.46. The number of rotatable bonds is 8. The Bertz CT molecular complexity index is 1360. The van der Waals surface area contributed by atoms with Crippen molar-refractivity contribution in [3.05, 3.63) is 40.9 Å². The Morgan fingerprint density at radius 3 is 2.59 bits per heavy atom. The van der Waals surface area contributed by atoms with E-state index in [4.69, 9.17) is 16.3 Å². The van der Waals surface area contributed by atoms with Crippen molar-refractivity contribution in [1.29, 1.82) is 0 Å². The van der Waals surface area contributed by atoms with Crippen molar-refractivity contribution < 1.29 is 35.9 Å². The average molecular weight is 579 g/mol. The largest absolute Gasteiger partial charge is 0.474 e. The molecule has 0 aromatic carbocycles. The van der Waals surface area contributed by atoms with Crippen molar-refractivity contribution in [1.82, 2.24) is 30.3 Å². The predicted molar refractivity (Wildman–Crippen MR) is 128 cm³/mol. The van der Waals surface area contributed by atoms with Crippen LogP contribution in [-0.2, 0) is 19.8 Å². The van der Waals surface area contributed by atoms with E-state index in [0.717, 1.165) is 10.9 Å². The van der Waals surface area contributed by atoms with Gasteiger partial charge >= 0.3 is 12.2 Å². The fourth-order valence-corrected chi connectivity index (χ4v) is 3.86. The number of carbonyl (C=O) groups excluding carboxylic acids is 1. The van der Waals surface area contributed by atoms with E-state index >= 15 is 0 Å². The van der Waals surface area contributed by atoms with E-state index in [1.807, 2.05) is 0 Å². The number of pyridine rings is 1. The summed E-state index contributed by atoms with van der Waals surface area (Å²) in [4.78, 5) is 17.4. The van der Waals surface area contributed by atoms with Crippen LogP contribution in [0.5, 0.6) is 5.88 Å². The van der Waals surface area contributed by atoms with Crippen LogP contribution in [0.2, 0.25) is 5.15 Å². The number of urea groups is 1. The first-order valence-corrected chi connectivity index (χ1v) is 11.7. The molecule has 0 saturated carbocycles. The molecule has 1 saturated heterocycles. The van der Waals surface area contributed by atoms with E-state index in [2.05, 4.69) is 30.9 Å². The maximum atomic E-state index is 13.6. The molecule has 1 aliphatic heterocycles. The van der Waals surface area contributed by atoms with Crippen LogP contribution in [0.1, 0.15) is 18.3 Å². The SMILES string of the molecule is CC(F)COc1cc(NC(=O)NCc2cc(N3CC(F)(F)C3)c(-c3cn(C)nc3C(F)(F)F)nn2)cc(Cl)n1. The van der Waals surface area contributed by atoms with Crippen LogP contribution in [0.3, 0.4) is 0 Å². The van der Waals surface area contributed by atoms with Gasteiger partial charge in [-0.25, -0.2) is 22.9 Å². The van der Waals surface area contributed by atoms with Gasteiger partial charge < -0.3 is 20.3 Å². The minimum atomic E-state index is -4.82. The second kappa shape index (κ2) is 10.7.